The molecular weight excluding hydrogens is 440 g/mol. The molecule has 3 aromatic rings. The Bertz CT molecular complexity index is 1150. The van der Waals surface area contributed by atoms with Crippen molar-refractivity contribution in [2.75, 3.05) is 5.32 Å². The molecule has 3 rings (SSSR count). The van der Waals surface area contributed by atoms with Gasteiger partial charge < -0.3 is 10.1 Å². The molecule has 0 aromatic heterocycles. The highest BCUT2D eigenvalue weighted by atomic mass is 79.9. The molecule has 0 saturated carbocycles. The van der Waals surface area contributed by atoms with Crippen molar-refractivity contribution >= 4 is 33.6 Å². The van der Waals surface area contributed by atoms with Crippen LogP contribution in [0.3, 0.4) is 0 Å². The van der Waals surface area contributed by atoms with Crippen molar-refractivity contribution in [3.63, 3.8) is 0 Å². The maximum absolute atomic E-state index is 12.7. The van der Waals surface area contributed by atoms with E-state index in [1.165, 1.54) is 0 Å². The Morgan fingerprint density at radius 2 is 1.80 bits per heavy atom. The van der Waals surface area contributed by atoms with Crippen LogP contribution in [0.1, 0.15) is 22.3 Å². The third-order valence-electron chi connectivity index (χ3n) is 4.78. The van der Waals surface area contributed by atoms with Gasteiger partial charge in [0.2, 0.25) is 0 Å². The number of nitrogens with zero attached hydrogens (tertiary/aromatic N) is 1. The topological polar surface area (TPSA) is 62.1 Å². The Morgan fingerprint density at radius 3 is 2.57 bits per heavy atom. The molecule has 3 aromatic carbocycles. The van der Waals surface area contributed by atoms with Gasteiger partial charge in [-0.15, -0.1) is 0 Å². The summed E-state index contributed by atoms with van der Waals surface area (Å²) in [5, 5.41) is 12.4. The SMILES string of the molecule is Cc1cccc(NC(=O)/C(C#N)=C/c2ccccc2OCc2ccccc2Br)c1C. The second-order valence-electron chi connectivity index (χ2n) is 6.79. The first-order valence-electron chi connectivity index (χ1n) is 9.44. The van der Waals surface area contributed by atoms with Crippen molar-refractivity contribution in [3.8, 4) is 11.8 Å². The molecule has 4 nitrogen and oxygen atoms in total. The highest BCUT2D eigenvalue weighted by Crippen LogP contribution is 2.25. The van der Waals surface area contributed by atoms with Gasteiger partial charge >= 0.3 is 0 Å². The molecule has 0 saturated heterocycles. The average Bonchev–Trinajstić information content (AvgIpc) is 2.75. The lowest BCUT2D eigenvalue weighted by Crippen LogP contribution is -2.14. The van der Waals surface area contributed by atoms with Crippen molar-refractivity contribution in [1.82, 2.24) is 0 Å². The van der Waals surface area contributed by atoms with Gasteiger partial charge in [0.25, 0.3) is 5.91 Å². The van der Waals surface area contributed by atoms with Crippen LogP contribution in [0.4, 0.5) is 5.69 Å². The summed E-state index contributed by atoms with van der Waals surface area (Å²) in [5.74, 6) is 0.146. The van der Waals surface area contributed by atoms with Gasteiger partial charge in [-0.2, -0.15) is 5.26 Å². The summed E-state index contributed by atoms with van der Waals surface area (Å²) in [5.41, 5.74) is 4.41. The molecule has 30 heavy (non-hydrogen) atoms. The van der Waals surface area contributed by atoms with Crippen molar-refractivity contribution in [2.45, 2.75) is 20.5 Å². The van der Waals surface area contributed by atoms with Crippen LogP contribution in [0, 0.1) is 25.2 Å². The van der Waals surface area contributed by atoms with E-state index in [1.807, 2.05) is 86.6 Å². The van der Waals surface area contributed by atoms with E-state index in [2.05, 4.69) is 21.2 Å². The number of carbonyl (C=O) groups excluding carboxylic acids is 1. The Kier molecular flexibility index (Phi) is 7.05. The normalized spacial score (nSPS) is 10.9. The van der Waals surface area contributed by atoms with Gasteiger partial charge in [-0.3, -0.25) is 4.79 Å². The molecule has 0 fully saturated rings. The average molecular weight is 461 g/mol. The van der Waals surface area contributed by atoms with Gasteiger partial charge in [0.15, 0.2) is 0 Å². The largest absolute Gasteiger partial charge is 0.488 e. The Balaban J connectivity index is 1.82. The fourth-order valence-electron chi connectivity index (χ4n) is 2.88. The van der Waals surface area contributed by atoms with E-state index in [0.29, 0.717) is 23.6 Å². The molecule has 0 radical (unpaired) electrons. The van der Waals surface area contributed by atoms with Crippen LogP contribution in [-0.4, -0.2) is 5.91 Å². The predicted octanol–water partition coefficient (Wildman–Crippen LogP) is 6.19. The number of halogens is 1. The van der Waals surface area contributed by atoms with E-state index in [4.69, 9.17) is 4.74 Å². The number of hydrogen-bond acceptors (Lipinski definition) is 3. The van der Waals surface area contributed by atoms with Crippen LogP contribution in [0.2, 0.25) is 0 Å². The molecule has 0 unspecified atom stereocenters. The maximum Gasteiger partial charge on any atom is 0.266 e. The Hall–Kier alpha value is -3.36. The van der Waals surface area contributed by atoms with Crippen LogP contribution in [0.5, 0.6) is 5.75 Å². The molecule has 0 aliphatic carbocycles. The van der Waals surface area contributed by atoms with Crippen LogP contribution in [0.15, 0.2) is 76.8 Å². The van der Waals surface area contributed by atoms with E-state index in [-0.39, 0.29) is 5.57 Å². The zero-order valence-electron chi connectivity index (χ0n) is 16.8. The fourth-order valence-corrected chi connectivity index (χ4v) is 3.28. The minimum absolute atomic E-state index is 0.00727. The molecule has 1 N–H and O–H groups in total. The maximum atomic E-state index is 12.7. The summed E-state index contributed by atoms with van der Waals surface area (Å²) in [4.78, 5) is 12.7. The molecule has 0 atom stereocenters. The van der Waals surface area contributed by atoms with Crippen LogP contribution in [-0.2, 0) is 11.4 Å². The molecule has 0 spiro atoms. The number of amides is 1. The lowest BCUT2D eigenvalue weighted by molar-refractivity contribution is -0.112. The number of nitriles is 1. The summed E-state index contributed by atoms with van der Waals surface area (Å²) in [6, 6.07) is 22.8. The first-order valence-corrected chi connectivity index (χ1v) is 10.2. The lowest BCUT2D eigenvalue weighted by Gasteiger charge is -2.12. The first-order chi connectivity index (χ1) is 14.5. The van der Waals surface area contributed by atoms with Crippen molar-refractivity contribution in [2.24, 2.45) is 0 Å². The minimum atomic E-state index is -0.452. The number of carbonyl (C=O) groups is 1. The first kappa shape index (κ1) is 21.4. The monoisotopic (exact) mass is 460 g/mol. The third kappa shape index (κ3) is 5.16. The highest BCUT2D eigenvalue weighted by molar-refractivity contribution is 9.10. The van der Waals surface area contributed by atoms with E-state index < -0.39 is 5.91 Å². The van der Waals surface area contributed by atoms with Crippen molar-refractivity contribution in [1.29, 1.82) is 5.26 Å². The van der Waals surface area contributed by atoms with Crippen molar-refractivity contribution in [3.05, 3.63) is 99.0 Å². The molecule has 0 bridgehead atoms. The number of para-hydroxylation sites is 1. The van der Waals surface area contributed by atoms with E-state index >= 15 is 0 Å². The second kappa shape index (κ2) is 9.91. The zero-order chi connectivity index (χ0) is 21.5. The van der Waals surface area contributed by atoms with E-state index in [9.17, 15) is 10.1 Å². The van der Waals surface area contributed by atoms with Gasteiger partial charge in [-0.1, -0.05) is 64.5 Å². The van der Waals surface area contributed by atoms with Crippen LogP contribution < -0.4 is 10.1 Å². The van der Waals surface area contributed by atoms with Gasteiger partial charge in [-0.05, 0) is 49.2 Å². The Morgan fingerprint density at radius 1 is 1.07 bits per heavy atom. The second-order valence-corrected chi connectivity index (χ2v) is 7.64. The molecule has 1 amide bonds. The van der Waals surface area contributed by atoms with Crippen molar-refractivity contribution < 1.29 is 9.53 Å². The third-order valence-corrected chi connectivity index (χ3v) is 5.55. The quantitative estimate of drug-likeness (QED) is 0.352. The predicted molar refractivity (Wildman–Crippen MR) is 123 cm³/mol. The summed E-state index contributed by atoms with van der Waals surface area (Å²) >= 11 is 3.51. The molecule has 0 aliphatic rings. The van der Waals surface area contributed by atoms with E-state index in [0.717, 1.165) is 21.2 Å². The molecule has 5 heteroatoms. The van der Waals surface area contributed by atoms with Gasteiger partial charge in [-0.25, -0.2) is 0 Å². The molecule has 0 aliphatic heterocycles. The molecule has 0 heterocycles. The summed E-state index contributed by atoms with van der Waals surface area (Å²) < 4.78 is 6.93. The summed E-state index contributed by atoms with van der Waals surface area (Å²) in [7, 11) is 0. The summed E-state index contributed by atoms with van der Waals surface area (Å²) in [6.07, 6.45) is 1.55. The van der Waals surface area contributed by atoms with Gasteiger partial charge in [0.05, 0.1) is 0 Å². The summed E-state index contributed by atoms with van der Waals surface area (Å²) in [6.45, 7) is 4.28. The number of hydrogen-bond donors (Lipinski definition) is 1. The van der Waals surface area contributed by atoms with Crippen LogP contribution >= 0.6 is 15.9 Å². The lowest BCUT2D eigenvalue weighted by atomic mass is 10.1. The van der Waals surface area contributed by atoms with Crippen LogP contribution in [0.25, 0.3) is 6.08 Å². The number of anilines is 1. The minimum Gasteiger partial charge on any atom is -0.488 e. The number of nitrogens with one attached hydrogen (secondary N) is 1. The number of rotatable bonds is 6. The smallest absolute Gasteiger partial charge is 0.266 e. The fraction of sp³-hybridized carbons (Fsp3) is 0.120. The standard InChI is InChI=1S/C25H21BrN2O2/c1-17-8-7-12-23(18(17)2)28-25(29)21(15-27)14-19-9-4-6-13-24(19)30-16-20-10-3-5-11-22(20)26/h3-14H,16H2,1-2H3,(H,28,29)/b21-14+. The molecule has 150 valence electrons. The highest BCUT2D eigenvalue weighted by Gasteiger charge is 2.13. The number of aryl methyl sites for hydroxylation is 1. The number of benzene rings is 3. The Labute approximate surface area is 184 Å². The van der Waals surface area contributed by atoms with Gasteiger partial charge in [0, 0.05) is 21.3 Å². The zero-order valence-corrected chi connectivity index (χ0v) is 18.4. The number of ether oxygens (including phenoxy) is 1. The molecular formula is C25H21BrN2O2. The van der Waals surface area contributed by atoms with Gasteiger partial charge in [0.1, 0.15) is 24.0 Å². The van der Waals surface area contributed by atoms with E-state index in [1.54, 1.807) is 6.08 Å².